The average Bonchev–Trinajstić information content (AvgIpc) is 3.19. The maximum atomic E-state index is 12.4. The molecule has 1 aromatic carbocycles. The summed E-state index contributed by atoms with van der Waals surface area (Å²) in [6.45, 7) is 1.57. The second-order valence-electron chi connectivity index (χ2n) is 6.98. The molecule has 1 saturated heterocycles. The van der Waals surface area contributed by atoms with Crippen molar-refractivity contribution in [3.8, 4) is 0 Å². The van der Waals surface area contributed by atoms with Gasteiger partial charge in [0.25, 0.3) is 11.9 Å². The first-order valence-corrected chi connectivity index (χ1v) is 10.2. The number of anilines is 2. The maximum absolute atomic E-state index is 12.4. The summed E-state index contributed by atoms with van der Waals surface area (Å²) in [5.74, 6) is 0.250. The molecule has 28 heavy (non-hydrogen) atoms. The molecule has 8 heteroatoms. The molecule has 0 amide bonds. The molecule has 0 aliphatic carbocycles. The summed E-state index contributed by atoms with van der Waals surface area (Å²) in [6, 6.07) is 9.54. The molecule has 1 atom stereocenters. The zero-order chi connectivity index (χ0) is 19.4. The van der Waals surface area contributed by atoms with Gasteiger partial charge in [-0.15, -0.1) is 4.68 Å². The standard InChI is InChI=1S/C20H29N5O3/c26-18(25-20(22-23-24-25)21-17-11-5-4-6-12-17)13-7-2-1-3-9-15-27-19-14-8-10-16-28-19/h4-6,11-12,19H,1-3,7-10,13-16H2,(H,21,22,24). The minimum absolute atomic E-state index is 0.00125. The molecule has 0 saturated carbocycles. The van der Waals surface area contributed by atoms with Crippen molar-refractivity contribution >= 4 is 17.5 Å². The number of hydrogen-bond donors (Lipinski definition) is 1. The number of benzene rings is 1. The largest absolute Gasteiger partial charge is 0.353 e. The van der Waals surface area contributed by atoms with E-state index in [1.165, 1.54) is 11.1 Å². The number of carbonyl (C=O) groups excluding carboxylic acids is 1. The Morgan fingerprint density at radius 2 is 1.96 bits per heavy atom. The highest BCUT2D eigenvalue weighted by molar-refractivity contribution is 5.81. The van der Waals surface area contributed by atoms with Crippen molar-refractivity contribution in [1.82, 2.24) is 20.2 Å². The number of rotatable bonds is 11. The van der Waals surface area contributed by atoms with Gasteiger partial charge in [0.15, 0.2) is 6.29 Å². The Bertz CT molecular complexity index is 701. The fourth-order valence-electron chi connectivity index (χ4n) is 3.16. The predicted molar refractivity (Wildman–Crippen MR) is 105 cm³/mol. The van der Waals surface area contributed by atoms with Gasteiger partial charge in [-0.2, -0.15) is 0 Å². The average molecular weight is 387 g/mol. The summed E-state index contributed by atoms with van der Waals surface area (Å²) in [5.41, 5.74) is 0.840. The van der Waals surface area contributed by atoms with Gasteiger partial charge in [0.1, 0.15) is 0 Å². The van der Waals surface area contributed by atoms with Crippen LogP contribution in [0.2, 0.25) is 0 Å². The molecule has 1 fully saturated rings. The van der Waals surface area contributed by atoms with Crippen LogP contribution in [0.3, 0.4) is 0 Å². The third-order valence-electron chi connectivity index (χ3n) is 4.71. The van der Waals surface area contributed by atoms with E-state index in [-0.39, 0.29) is 12.2 Å². The molecule has 0 bridgehead atoms. The van der Waals surface area contributed by atoms with Gasteiger partial charge >= 0.3 is 0 Å². The van der Waals surface area contributed by atoms with E-state index in [1.54, 1.807) is 0 Å². The molecule has 8 nitrogen and oxygen atoms in total. The Kier molecular flexibility index (Phi) is 8.39. The zero-order valence-corrected chi connectivity index (χ0v) is 16.3. The van der Waals surface area contributed by atoms with E-state index in [9.17, 15) is 4.79 Å². The lowest BCUT2D eigenvalue weighted by atomic mass is 10.1. The molecule has 3 rings (SSSR count). The first kappa shape index (κ1) is 20.4. The minimum atomic E-state index is -0.0961. The lowest BCUT2D eigenvalue weighted by Gasteiger charge is -2.22. The van der Waals surface area contributed by atoms with Crippen LogP contribution in [0.4, 0.5) is 11.6 Å². The van der Waals surface area contributed by atoms with E-state index in [0.29, 0.717) is 12.4 Å². The molecular formula is C20H29N5O3. The quantitative estimate of drug-likeness (QED) is 0.461. The van der Waals surface area contributed by atoms with Crippen LogP contribution >= 0.6 is 0 Å². The van der Waals surface area contributed by atoms with Gasteiger partial charge in [0, 0.05) is 25.3 Å². The second-order valence-corrected chi connectivity index (χ2v) is 6.98. The predicted octanol–water partition coefficient (Wildman–Crippen LogP) is 3.94. The summed E-state index contributed by atoms with van der Waals surface area (Å²) in [4.78, 5) is 12.4. The highest BCUT2D eigenvalue weighted by Gasteiger charge is 2.14. The van der Waals surface area contributed by atoms with Gasteiger partial charge < -0.3 is 14.8 Å². The second kappa shape index (κ2) is 11.5. The van der Waals surface area contributed by atoms with E-state index in [2.05, 4.69) is 20.8 Å². The topological polar surface area (TPSA) is 91.2 Å². The Morgan fingerprint density at radius 1 is 1.14 bits per heavy atom. The van der Waals surface area contributed by atoms with Crippen LogP contribution in [-0.2, 0) is 9.47 Å². The molecule has 2 aromatic rings. The van der Waals surface area contributed by atoms with Crippen LogP contribution in [0.25, 0.3) is 0 Å². The van der Waals surface area contributed by atoms with E-state index in [0.717, 1.165) is 63.8 Å². The molecular weight excluding hydrogens is 358 g/mol. The summed E-state index contributed by atoms with van der Waals surface area (Å²) < 4.78 is 12.5. The van der Waals surface area contributed by atoms with E-state index in [1.807, 2.05) is 30.3 Å². The minimum Gasteiger partial charge on any atom is -0.353 e. The lowest BCUT2D eigenvalue weighted by Crippen LogP contribution is -2.22. The number of carbonyl (C=O) groups is 1. The van der Waals surface area contributed by atoms with Crippen molar-refractivity contribution in [2.24, 2.45) is 0 Å². The number of para-hydroxylation sites is 1. The highest BCUT2D eigenvalue weighted by atomic mass is 16.7. The smallest absolute Gasteiger partial charge is 0.254 e. The van der Waals surface area contributed by atoms with Crippen LogP contribution in [0.15, 0.2) is 30.3 Å². The van der Waals surface area contributed by atoms with Gasteiger partial charge in [0.05, 0.1) is 0 Å². The van der Waals surface area contributed by atoms with Crippen molar-refractivity contribution in [2.45, 2.75) is 64.1 Å². The lowest BCUT2D eigenvalue weighted by molar-refractivity contribution is -0.162. The Morgan fingerprint density at radius 3 is 2.79 bits per heavy atom. The Labute approximate surface area is 165 Å². The number of nitrogens with zero attached hydrogens (tertiary/aromatic N) is 4. The molecule has 1 aliphatic heterocycles. The summed E-state index contributed by atoms with van der Waals surface area (Å²) in [7, 11) is 0. The number of tetrazole rings is 1. The Balaban J connectivity index is 1.27. The van der Waals surface area contributed by atoms with Crippen LogP contribution in [0.1, 0.15) is 62.6 Å². The van der Waals surface area contributed by atoms with E-state index in [4.69, 9.17) is 9.47 Å². The van der Waals surface area contributed by atoms with Crippen LogP contribution in [-0.4, -0.2) is 45.6 Å². The first-order valence-electron chi connectivity index (χ1n) is 10.2. The van der Waals surface area contributed by atoms with E-state index < -0.39 is 0 Å². The fourth-order valence-corrected chi connectivity index (χ4v) is 3.16. The van der Waals surface area contributed by atoms with Crippen molar-refractivity contribution < 1.29 is 14.3 Å². The normalized spacial score (nSPS) is 16.8. The number of hydrogen-bond acceptors (Lipinski definition) is 7. The van der Waals surface area contributed by atoms with Crippen molar-refractivity contribution in [1.29, 1.82) is 0 Å². The summed E-state index contributed by atoms with van der Waals surface area (Å²) in [6.07, 6.45) is 8.86. The third-order valence-corrected chi connectivity index (χ3v) is 4.71. The van der Waals surface area contributed by atoms with Crippen LogP contribution in [0, 0.1) is 0 Å². The molecule has 0 radical (unpaired) electrons. The van der Waals surface area contributed by atoms with E-state index >= 15 is 0 Å². The SMILES string of the molecule is O=C(CCCCCCCOC1CCCCO1)n1nnnc1Nc1ccccc1. The molecule has 152 valence electrons. The monoisotopic (exact) mass is 387 g/mol. The summed E-state index contributed by atoms with van der Waals surface area (Å²) in [5, 5.41) is 14.4. The van der Waals surface area contributed by atoms with Gasteiger partial charge in [-0.1, -0.05) is 42.6 Å². The molecule has 1 aromatic heterocycles. The summed E-state index contributed by atoms with van der Waals surface area (Å²) >= 11 is 0. The van der Waals surface area contributed by atoms with Crippen LogP contribution < -0.4 is 5.32 Å². The van der Waals surface area contributed by atoms with Crippen molar-refractivity contribution in [2.75, 3.05) is 18.5 Å². The molecule has 1 aliphatic rings. The highest BCUT2D eigenvalue weighted by Crippen LogP contribution is 2.15. The van der Waals surface area contributed by atoms with Gasteiger partial charge in [-0.3, -0.25) is 4.79 Å². The fraction of sp³-hybridized carbons (Fsp3) is 0.600. The van der Waals surface area contributed by atoms with Gasteiger partial charge in [-0.05, 0) is 54.7 Å². The van der Waals surface area contributed by atoms with Gasteiger partial charge in [-0.25, -0.2) is 0 Å². The molecule has 2 heterocycles. The zero-order valence-electron chi connectivity index (χ0n) is 16.3. The Hall–Kier alpha value is -2.32. The number of unbranched alkanes of at least 4 members (excludes halogenated alkanes) is 4. The number of aromatic nitrogens is 4. The van der Waals surface area contributed by atoms with Crippen LogP contribution in [0.5, 0.6) is 0 Å². The number of nitrogens with one attached hydrogen (secondary N) is 1. The number of ether oxygens (including phenoxy) is 2. The first-order chi connectivity index (χ1) is 13.8. The molecule has 1 N–H and O–H groups in total. The van der Waals surface area contributed by atoms with Gasteiger partial charge in [0.2, 0.25) is 0 Å². The van der Waals surface area contributed by atoms with Crippen molar-refractivity contribution in [3.05, 3.63) is 30.3 Å². The molecule has 1 unspecified atom stereocenters. The maximum Gasteiger partial charge on any atom is 0.254 e. The third kappa shape index (κ3) is 6.69. The van der Waals surface area contributed by atoms with Crippen molar-refractivity contribution in [3.63, 3.8) is 0 Å². The molecule has 0 spiro atoms.